The first-order valence-corrected chi connectivity index (χ1v) is 5.84. The van der Waals surface area contributed by atoms with Gasteiger partial charge in [-0.15, -0.1) is 0 Å². The predicted octanol–water partition coefficient (Wildman–Crippen LogP) is 1.36. The van der Waals surface area contributed by atoms with Crippen LogP contribution in [0.3, 0.4) is 0 Å². The Hall–Kier alpha value is -1.33. The lowest BCUT2D eigenvalue weighted by Crippen LogP contribution is -2.31. The van der Waals surface area contributed by atoms with Crippen LogP contribution in [0.15, 0.2) is 16.7 Å². The summed E-state index contributed by atoms with van der Waals surface area (Å²) < 4.78 is 5.32. The minimum absolute atomic E-state index is 0.314. The van der Waals surface area contributed by atoms with Gasteiger partial charge in [0, 0.05) is 6.54 Å². The molecule has 96 valence electrons. The first-order valence-electron chi connectivity index (χ1n) is 5.84. The summed E-state index contributed by atoms with van der Waals surface area (Å²) in [6.45, 7) is 5.95. The number of carbonyl (C=O) groups excluding carboxylic acids is 1. The molecule has 1 unspecified atom stereocenters. The van der Waals surface area contributed by atoms with Crippen LogP contribution in [0.1, 0.15) is 36.4 Å². The highest BCUT2D eigenvalue weighted by Gasteiger charge is 2.15. The highest BCUT2D eigenvalue weighted by molar-refractivity contribution is 5.94. The van der Waals surface area contributed by atoms with Crippen molar-refractivity contribution >= 4 is 5.91 Å². The van der Waals surface area contributed by atoms with Crippen molar-refractivity contribution in [1.82, 2.24) is 10.3 Å². The first-order chi connectivity index (χ1) is 8.08. The van der Waals surface area contributed by atoms with Gasteiger partial charge >= 0.3 is 0 Å². The molecule has 0 radical (unpaired) electrons. The number of nitrogens with one attached hydrogen (secondary N) is 1. The number of hydrogen-bond acceptors (Lipinski definition) is 4. The normalized spacial score (nSPS) is 12.8. The van der Waals surface area contributed by atoms with Gasteiger partial charge in [-0.3, -0.25) is 15.1 Å². The molecule has 0 spiro atoms. The fourth-order valence-corrected chi connectivity index (χ4v) is 1.71. The summed E-state index contributed by atoms with van der Waals surface area (Å²) in [5.74, 6) is 6.07. The number of furan rings is 1. The van der Waals surface area contributed by atoms with Crippen LogP contribution in [0, 0.1) is 5.92 Å². The second-order valence-electron chi connectivity index (χ2n) is 4.44. The summed E-state index contributed by atoms with van der Waals surface area (Å²) >= 11 is 0. The van der Waals surface area contributed by atoms with Gasteiger partial charge in [-0.25, -0.2) is 5.84 Å². The molecule has 1 heterocycles. The molecule has 1 rings (SSSR count). The third kappa shape index (κ3) is 3.87. The van der Waals surface area contributed by atoms with Crippen LogP contribution in [0.4, 0.5) is 0 Å². The number of rotatable bonds is 6. The van der Waals surface area contributed by atoms with Gasteiger partial charge in [0.1, 0.15) is 5.76 Å². The van der Waals surface area contributed by atoms with Crippen molar-refractivity contribution in [1.29, 1.82) is 0 Å². The molecular formula is C12H21N3O2. The van der Waals surface area contributed by atoms with Crippen molar-refractivity contribution in [2.45, 2.75) is 26.8 Å². The Labute approximate surface area is 102 Å². The Morgan fingerprint density at radius 2 is 2.35 bits per heavy atom. The van der Waals surface area contributed by atoms with E-state index in [9.17, 15) is 4.79 Å². The average Bonchev–Trinajstić information content (AvgIpc) is 2.75. The number of carbonyl (C=O) groups is 1. The zero-order valence-corrected chi connectivity index (χ0v) is 10.7. The molecule has 0 saturated carbocycles. The molecule has 1 aromatic heterocycles. The molecule has 1 amide bonds. The Balaban J connectivity index is 2.62. The lowest BCUT2D eigenvalue weighted by Gasteiger charge is -2.19. The molecule has 17 heavy (non-hydrogen) atoms. The van der Waals surface area contributed by atoms with E-state index in [-0.39, 0.29) is 5.91 Å². The summed E-state index contributed by atoms with van der Waals surface area (Å²) in [6.07, 6.45) is 2.65. The molecule has 0 bridgehead atoms. The zero-order chi connectivity index (χ0) is 12.8. The van der Waals surface area contributed by atoms with Crippen molar-refractivity contribution in [3.05, 3.63) is 23.7 Å². The Bertz CT molecular complexity index is 362. The number of nitrogens with two attached hydrogens (primary N) is 1. The van der Waals surface area contributed by atoms with Crippen LogP contribution in [-0.2, 0) is 6.54 Å². The molecule has 1 atom stereocenters. The molecule has 5 heteroatoms. The van der Waals surface area contributed by atoms with Crippen molar-refractivity contribution in [2.24, 2.45) is 11.8 Å². The van der Waals surface area contributed by atoms with E-state index < -0.39 is 0 Å². The van der Waals surface area contributed by atoms with E-state index in [1.165, 1.54) is 6.26 Å². The van der Waals surface area contributed by atoms with Crippen LogP contribution in [0.2, 0.25) is 0 Å². The largest absolute Gasteiger partial charge is 0.467 e. The van der Waals surface area contributed by atoms with Crippen LogP contribution in [0.25, 0.3) is 0 Å². The number of amides is 1. The van der Waals surface area contributed by atoms with Crippen LogP contribution >= 0.6 is 0 Å². The molecule has 0 aromatic carbocycles. The number of nitrogen functional groups attached to an aromatic ring is 1. The fourth-order valence-electron chi connectivity index (χ4n) is 1.71. The maximum atomic E-state index is 11.4. The number of hydrogen-bond donors (Lipinski definition) is 2. The van der Waals surface area contributed by atoms with Crippen molar-refractivity contribution in [3.63, 3.8) is 0 Å². The van der Waals surface area contributed by atoms with Gasteiger partial charge < -0.3 is 4.42 Å². The van der Waals surface area contributed by atoms with Gasteiger partial charge in [-0.1, -0.05) is 20.3 Å². The Morgan fingerprint density at radius 3 is 2.94 bits per heavy atom. The first kappa shape index (κ1) is 13.7. The highest BCUT2D eigenvalue weighted by atomic mass is 16.3. The van der Waals surface area contributed by atoms with Gasteiger partial charge in [0.05, 0.1) is 18.4 Å². The van der Waals surface area contributed by atoms with Crippen LogP contribution in [0.5, 0.6) is 0 Å². The van der Waals surface area contributed by atoms with E-state index in [1.54, 1.807) is 6.07 Å². The smallest absolute Gasteiger partial charge is 0.268 e. The minimum Gasteiger partial charge on any atom is -0.467 e. The quantitative estimate of drug-likeness (QED) is 0.447. The van der Waals surface area contributed by atoms with E-state index in [0.29, 0.717) is 23.8 Å². The van der Waals surface area contributed by atoms with E-state index >= 15 is 0 Å². The molecule has 0 saturated heterocycles. The molecule has 0 fully saturated rings. The Morgan fingerprint density at radius 1 is 1.65 bits per heavy atom. The summed E-state index contributed by atoms with van der Waals surface area (Å²) in [6, 6.07) is 1.63. The minimum atomic E-state index is -0.314. The topological polar surface area (TPSA) is 71.5 Å². The van der Waals surface area contributed by atoms with Crippen molar-refractivity contribution in [3.8, 4) is 0 Å². The summed E-state index contributed by atoms with van der Waals surface area (Å²) in [5.41, 5.74) is 2.62. The molecule has 0 aliphatic rings. The van der Waals surface area contributed by atoms with Gasteiger partial charge in [0.15, 0.2) is 0 Å². The fraction of sp³-hybridized carbons (Fsp3) is 0.583. The summed E-state index contributed by atoms with van der Waals surface area (Å²) in [5, 5.41) is 0. The molecule has 0 aliphatic heterocycles. The van der Waals surface area contributed by atoms with Gasteiger partial charge in [0.25, 0.3) is 5.91 Å². The van der Waals surface area contributed by atoms with Crippen LogP contribution < -0.4 is 11.3 Å². The van der Waals surface area contributed by atoms with E-state index in [0.717, 1.165) is 13.0 Å². The van der Waals surface area contributed by atoms with Gasteiger partial charge in [0.2, 0.25) is 0 Å². The third-order valence-electron chi connectivity index (χ3n) is 2.85. The lowest BCUT2D eigenvalue weighted by atomic mass is 10.1. The standard InChI is InChI=1S/C12H21N3O2/c1-4-9(2)7-15(3)8-11-10(5-6-17-11)12(16)14-13/h5-6,9H,4,7-8,13H2,1-3H3,(H,14,16). The van der Waals surface area contributed by atoms with Gasteiger partial charge in [-0.2, -0.15) is 0 Å². The molecule has 3 N–H and O–H groups in total. The maximum Gasteiger partial charge on any atom is 0.268 e. The molecular weight excluding hydrogens is 218 g/mol. The predicted molar refractivity (Wildman–Crippen MR) is 66.2 cm³/mol. The summed E-state index contributed by atoms with van der Waals surface area (Å²) in [7, 11) is 2.01. The number of nitrogens with zero attached hydrogens (tertiary/aromatic N) is 1. The second kappa shape index (κ2) is 6.42. The third-order valence-corrected chi connectivity index (χ3v) is 2.85. The SMILES string of the molecule is CCC(C)CN(C)Cc1occc1C(=O)NN. The molecule has 0 aliphatic carbocycles. The van der Waals surface area contributed by atoms with Crippen molar-refractivity contribution in [2.75, 3.05) is 13.6 Å². The maximum absolute atomic E-state index is 11.4. The average molecular weight is 239 g/mol. The van der Waals surface area contributed by atoms with E-state index in [4.69, 9.17) is 10.3 Å². The summed E-state index contributed by atoms with van der Waals surface area (Å²) in [4.78, 5) is 13.6. The molecule has 5 nitrogen and oxygen atoms in total. The molecule has 1 aromatic rings. The lowest BCUT2D eigenvalue weighted by molar-refractivity contribution is 0.0950. The second-order valence-corrected chi connectivity index (χ2v) is 4.44. The zero-order valence-electron chi connectivity index (χ0n) is 10.7. The highest BCUT2D eigenvalue weighted by Crippen LogP contribution is 2.13. The monoisotopic (exact) mass is 239 g/mol. The van der Waals surface area contributed by atoms with Gasteiger partial charge in [-0.05, 0) is 19.0 Å². The number of hydrazine groups is 1. The van der Waals surface area contributed by atoms with E-state index in [1.807, 2.05) is 7.05 Å². The van der Waals surface area contributed by atoms with Crippen LogP contribution in [-0.4, -0.2) is 24.4 Å². The van der Waals surface area contributed by atoms with Crippen molar-refractivity contribution < 1.29 is 9.21 Å². The Kier molecular flexibility index (Phi) is 5.18. The van der Waals surface area contributed by atoms with E-state index in [2.05, 4.69) is 24.2 Å².